The maximum Gasteiger partial charge on any atom is 0.355 e. The van der Waals surface area contributed by atoms with Crippen LogP contribution in [0, 0.1) is 23.7 Å². The molecule has 2 unspecified atom stereocenters. The van der Waals surface area contributed by atoms with Crippen LogP contribution < -0.4 is 0 Å². The van der Waals surface area contributed by atoms with E-state index in [0.717, 1.165) is 16.7 Å². The van der Waals surface area contributed by atoms with Crippen LogP contribution in [-0.4, -0.2) is 76.5 Å². The van der Waals surface area contributed by atoms with E-state index in [4.69, 9.17) is 18.9 Å². The second-order valence-electron chi connectivity index (χ2n) is 12.4. The number of thiophene rings is 1. The Morgan fingerprint density at radius 2 is 1.95 bits per heavy atom. The van der Waals surface area contributed by atoms with Crippen molar-refractivity contribution >= 4 is 23.3 Å². The van der Waals surface area contributed by atoms with Gasteiger partial charge in [-0.3, -0.25) is 0 Å². The molecular weight excluding hydrogens is 570 g/mol. The smallest absolute Gasteiger partial charge is 0.355 e. The van der Waals surface area contributed by atoms with Gasteiger partial charge in [0.2, 0.25) is 0 Å². The molecule has 0 amide bonds. The Kier molecular flexibility index (Phi) is 9.34. The minimum atomic E-state index is -0.881. The fraction of sp³-hybridized carbons (Fsp3) is 0.576. The Morgan fingerprint density at radius 1 is 1.19 bits per heavy atom. The summed E-state index contributed by atoms with van der Waals surface area (Å²) in [7, 11) is 1.48. The van der Waals surface area contributed by atoms with Gasteiger partial charge in [-0.05, 0) is 67.6 Å². The second kappa shape index (κ2) is 12.7. The summed E-state index contributed by atoms with van der Waals surface area (Å²) in [5, 5.41) is 25.1. The van der Waals surface area contributed by atoms with E-state index in [-0.39, 0.29) is 17.8 Å². The van der Waals surface area contributed by atoms with Crippen molar-refractivity contribution in [1.29, 1.82) is 0 Å². The molecule has 3 N–H and O–H groups in total. The highest BCUT2D eigenvalue weighted by Gasteiger charge is 2.57. The van der Waals surface area contributed by atoms with E-state index in [1.807, 2.05) is 43.7 Å². The number of ether oxygens (including phenoxy) is 4. The lowest BCUT2D eigenvalue weighted by Gasteiger charge is -2.41. The number of fused-ring (bicyclic) bond motifs is 1. The Labute approximate surface area is 256 Å². The van der Waals surface area contributed by atoms with Crippen molar-refractivity contribution in [2.24, 2.45) is 23.7 Å². The predicted molar refractivity (Wildman–Crippen MR) is 162 cm³/mol. The molecule has 9 nitrogen and oxygen atoms in total. The van der Waals surface area contributed by atoms with Crippen LogP contribution in [0.4, 0.5) is 0 Å². The largest absolute Gasteiger partial charge is 0.457 e. The van der Waals surface area contributed by atoms with Crippen LogP contribution in [0.1, 0.15) is 57.9 Å². The number of cyclic esters (lactones) is 1. The van der Waals surface area contributed by atoms with Gasteiger partial charge in [0.25, 0.3) is 0 Å². The first-order valence-corrected chi connectivity index (χ1v) is 16.0. The number of carbonyl (C=O) groups excluding carboxylic acids is 2. The Morgan fingerprint density at radius 3 is 2.60 bits per heavy atom. The lowest BCUT2D eigenvalue weighted by molar-refractivity contribution is -0.172. The van der Waals surface area contributed by atoms with E-state index >= 15 is 0 Å². The standard InChI is InChI=1S/C33H43NO8S/c1-17-11-18(2)33-14-22(7-8-25(33)13-27(39-6)32(38)40-28(17)21(5)36)30(42-33)29(19(3)20(4)35)41-31(37)26-12-24(15-34-26)23-9-10-43-16-23/h7-12,15-17,19-22,25,27-30,34-36H,13-14H2,1-6H3/b18-11+/t17-,19-,20+,21?,22-,25?,27+,28+,29-,30-,33+/m1/s1. The van der Waals surface area contributed by atoms with Crippen molar-refractivity contribution in [1.82, 2.24) is 4.98 Å². The van der Waals surface area contributed by atoms with E-state index in [2.05, 4.69) is 17.1 Å². The highest BCUT2D eigenvalue weighted by Crippen LogP contribution is 2.53. The summed E-state index contributed by atoms with van der Waals surface area (Å²) in [6.45, 7) is 9.08. The third-order valence-corrected chi connectivity index (χ3v) is 10.2. The molecule has 43 heavy (non-hydrogen) atoms. The lowest BCUT2D eigenvalue weighted by atomic mass is 9.69. The number of aliphatic hydroxyl groups is 2. The quantitative estimate of drug-likeness (QED) is 0.283. The molecule has 1 spiro atoms. The van der Waals surface area contributed by atoms with Gasteiger partial charge in [-0.1, -0.05) is 32.1 Å². The van der Waals surface area contributed by atoms with Gasteiger partial charge in [0.1, 0.15) is 24.0 Å². The average molecular weight is 614 g/mol. The first kappa shape index (κ1) is 31.7. The number of H-pyrrole nitrogens is 1. The fourth-order valence-electron chi connectivity index (χ4n) is 6.87. The molecule has 10 heteroatoms. The molecule has 0 aromatic carbocycles. The summed E-state index contributed by atoms with van der Waals surface area (Å²) < 4.78 is 24.5. The molecule has 234 valence electrons. The fourth-order valence-corrected chi connectivity index (χ4v) is 7.53. The molecule has 11 atom stereocenters. The summed E-state index contributed by atoms with van der Waals surface area (Å²) in [4.78, 5) is 29.7. The molecule has 1 fully saturated rings. The minimum Gasteiger partial charge on any atom is -0.457 e. The Hall–Kier alpha value is -2.76. The SMILES string of the molecule is CO[C@H]1CC2C=C[C@@H]3C[C@]2(O[C@H]3[C@H](OC(=O)c2cc(-c3ccsc3)c[nH]2)[C@H](C)[C@H](C)O)/C(C)=C/[C@@H](C)[C@@H](C(C)O)OC1=O. The first-order valence-electron chi connectivity index (χ1n) is 15.0. The minimum absolute atomic E-state index is 0.0950. The average Bonchev–Trinajstić information content (AvgIpc) is 3.73. The third kappa shape index (κ3) is 6.13. The van der Waals surface area contributed by atoms with Gasteiger partial charge in [0.05, 0.1) is 17.8 Å². The van der Waals surface area contributed by atoms with Crippen LogP contribution in [-0.2, 0) is 23.7 Å². The van der Waals surface area contributed by atoms with Crippen molar-refractivity contribution in [3.8, 4) is 11.1 Å². The van der Waals surface area contributed by atoms with Crippen LogP contribution >= 0.6 is 11.3 Å². The van der Waals surface area contributed by atoms with Crippen LogP contribution in [0.3, 0.4) is 0 Å². The van der Waals surface area contributed by atoms with Gasteiger partial charge in [-0.15, -0.1) is 0 Å². The monoisotopic (exact) mass is 613 g/mol. The summed E-state index contributed by atoms with van der Waals surface area (Å²) in [5.74, 6) is -2.06. The normalized spacial score (nSPS) is 34.7. The number of aliphatic hydroxyl groups excluding tert-OH is 2. The van der Waals surface area contributed by atoms with Crippen molar-refractivity contribution in [3.05, 3.63) is 58.6 Å². The number of hydrogen-bond donors (Lipinski definition) is 3. The second-order valence-corrected chi connectivity index (χ2v) is 13.2. The number of esters is 2. The van der Waals surface area contributed by atoms with Crippen molar-refractivity contribution in [2.75, 3.05) is 7.11 Å². The van der Waals surface area contributed by atoms with Crippen molar-refractivity contribution in [2.45, 2.75) is 89.7 Å². The number of nitrogens with one attached hydrogen (secondary N) is 1. The molecule has 2 aromatic heterocycles. The topological polar surface area (TPSA) is 127 Å². The third-order valence-electron chi connectivity index (χ3n) is 9.54. The zero-order valence-corrected chi connectivity index (χ0v) is 26.4. The molecule has 4 heterocycles. The molecular formula is C33H43NO8S. The lowest BCUT2D eigenvalue weighted by Crippen LogP contribution is -2.47. The Bertz CT molecular complexity index is 1350. The summed E-state index contributed by atoms with van der Waals surface area (Å²) in [6, 6.07) is 3.76. The molecule has 2 aliphatic heterocycles. The van der Waals surface area contributed by atoms with Crippen LogP contribution in [0.15, 0.2) is 52.9 Å². The Balaban J connectivity index is 1.48. The van der Waals surface area contributed by atoms with Gasteiger partial charge >= 0.3 is 11.9 Å². The molecule has 3 aliphatic rings. The van der Waals surface area contributed by atoms with E-state index in [1.165, 1.54) is 7.11 Å². The van der Waals surface area contributed by atoms with E-state index in [9.17, 15) is 19.8 Å². The molecule has 2 bridgehead atoms. The van der Waals surface area contributed by atoms with E-state index in [0.29, 0.717) is 18.5 Å². The zero-order chi connectivity index (χ0) is 31.1. The van der Waals surface area contributed by atoms with E-state index in [1.54, 1.807) is 37.4 Å². The maximum absolute atomic E-state index is 13.5. The number of aromatic nitrogens is 1. The number of methoxy groups -OCH3 is 1. The van der Waals surface area contributed by atoms with Crippen LogP contribution in [0.25, 0.3) is 11.1 Å². The van der Waals surface area contributed by atoms with Gasteiger partial charge in [-0.25, -0.2) is 9.59 Å². The van der Waals surface area contributed by atoms with Gasteiger partial charge in [0, 0.05) is 42.5 Å². The highest BCUT2D eigenvalue weighted by atomic mass is 32.1. The van der Waals surface area contributed by atoms with Gasteiger partial charge < -0.3 is 34.1 Å². The highest BCUT2D eigenvalue weighted by molar-refractivity contribution is 7.08. The molecule has 0 saturated carbocycles. The molecule has 2 aromatic rings. The summed E-state index contributed by atoms with van der Waals surface area (Å²) in [6.07, 6.45) is 4.38. The maximum atomic E-state index is 13.5. The number of rotatable bonds is 8. The van der Waals surface area contributed by atoms with Crippen molar-refractivity contribution in [3.63, 3.8) is 0 Å². The molecule has 5 rings (SSSR count). The first-order chi connectivity index (χ1) is 20.4. The predicted octanol–water partition coefficient (Wildman–Crippen LogP) is 4.91. The summed E-state index contributed by atoms with van der Waals surface area (Å²) in [5.41, 5.74) is 2.40. The van der Waals surface area contributed by atoms with E-state index < -0.39 is 60.1 Å². The van der Waals surface area contributed by atoms with Crippen LogP contribution in [0.2, 0.25) is 0 Å². The summed E-state index contributed by atoms with van der Waals surface area (Å²) >= 11 is 1.58. The molecule has 1 aliphatic carbocycles. The van der Waals surface area contributed by atoms with Gasteiger partial charge in [0.15, 0.2) is 6.10 Å². The zero-order valence-electron chi connectivity index (χ0n) is 25.6. The number of aromatic amines is 1. The number of carbonyl (C=O) groups is 2. The van der Waals surface area contributed by atoms with Crippen molar-refractivity contribution < 1.29 is 38.7 Å². The molecule has 1 saturated heterocycles. The molecule has 0 radical (unpaired) electrons. The van der Waals surface area contributed by atoms with Gasteiger partial charge in [-0.2, -0.15) is 11.3 Å². The number of hydrogen-bond acceptors (Lipinski definition) is 9. The van der Waals surface area contributed by atoms with Crippen LogP contribution in [0.5, 0.6) is 0 Å².